The lowest BCUT2D eigenvalue weighted by molar-refractivity contribution is -0.143. The van der Waals surface area contributed by atoms with Crippen LogP contribution in [-0.2, 0) is 14.3 Å². The van der Waals surface area contributed by atoms with Gasteiger partial charge in [0.25, 0.3) is 0 Å². The van der Waals surface area contributed by atoms with E-state index in [9.17, 15) is 9.59 Å². The average molecular weight is 246 g/mol. The molecule has 1 saturated heterocycles. The SMILES string of the molecule is CC1=C2[C@H]3OC(=O)[C@H](C)[C@H]3CC[C@]2(C)C=CC1=O. The Bertz CT molecular complexity index is 500. The van der Waals surface area contributed by atoms with E-state index in [1.54, 1.807) is 6.08 Å². The minimum atomic E-state index is -0.180. The topological polar surface area (TPSA) is 43.4 Å². The van der Waals surface area contributed by atoms with E-state index >= 15 is 0 Å². The molecule has 0 aromatic rings. The van der Waals surface area contributed by atoms with Gasteiger partial charge in [0.1, 0.15) is 6.10 Å². The van der Waals surface area contributed by atoms with E-state index in [4.69, 9.17) is 4.74 Å². The van der Waals surface area contributed by atoms with Crippen LogP contribution in [0.5, 0.6) is 0 Å². The van der Waals surface area contributed by atoms with Gasteiger partial charge >= 0.3 is 5.97 Å². The van der Waals surface area contributed by atoms with Crippen molar-refractivity contribution in [2.75, 3.05) is 0 Å². The van der Waals surface area contributed by atoms with Crippen LogP contribution >= 0.6 is 0 Å². The van der Waals surface area contributed by atoms with Crippen LogP contribution in [0.25, 0.3) is 0 Å². The summed E-state index contributed by atoms with van der Waals surface area (Å²) in [5, 5.41) is 0. The third kappa shape index (κ3) is 1.36. The molecule has 0 aromatic carbocycles. The van der Waals surface area contributed by atoms with Crippen molar-refractivity contribution < 1.29 is 14.3 Å². The fourth-order valence-electron chi connectivity index (χ4n) is 3.69. The molecule has 0 spiro atoms. The van der Waals surface area contributed by atoms with Crippen LogP contribution in [0.2, 0.25) is 0 Å². The summed E-state index contributed by atoms with van der Waals surface area (Å²) in [6.07, 6.45) is 5.46. The summed E-state index contributed by atoms with van der Waals surface area (Å²) in [5.74, 6) is 0.144. The zero-order chi connectivity index (χ0) is 13.1. The monoisotopic (exact) mass is 246 g/mol. The molecule has 96 valence electrons. The highest BCUT2D eigenvalue weighted by atomic mass is 16.6. The van der Waals surface area contributed by atoms with Gasteiger partial charge in [-0.05, 0) is 31.4 Å². The van der Waals surface area contributed by atoms with E-state index in [2.05, 4.69) is 6.92 Å². The van der Waals surface area contributed by atoms with E-state index in [1.807, 2.05) is 19.9 Å². The van der Waals surface area contributed by atoms with Gasteiger partial charge in [0, 0.05) is 16.9 Å². The standard InChI is InChI=1S/C15H18O3/c1-8-10-4-6-15(3)7-5-11(16)9(2)12(15)13(10)18-14(8)17/h5,7-8,10,13H,4,6H2,1-3H3/t8-,10-,13+,15-/m1/s1. The minimum absolute atomic E-state index is 0.0409. The van der Waals surface area contributed by atoms with Gasteiger partial charge in [-0.15, -0.1) is 0 Å². The molecule has 2 aliphatic carbocycles. The van der Waals surface area contributed by atoms with Crippen molar-refractivity contribution in [3.63, 3.8) is 0 Å². The molecular formula is C15H18O3. The first-order chi connectivity index (χ1) is 8.44. The number of fused-ring (bicyclic) bond motifs is 3. The summed E-state index contributed by atoms with van der Waals surface area (Å²) >= 11 is 0. The van der Waals surface area contributed by atoms with E-state index in [-0.39, 0.29) is 35.1 Å². The molecule has 2 fully saturated rings. The number of ketones is 1. The number of allylic oxidation sites excluding steroid dienone is 3. The van der Waals surface area contributed by atoms with Crippen molar-refractivity contribution in [1.29, 1.82) is 0 Å². The predicted molar refractivity (Wildman–Crippen MR) is 66.7 cm³/mol. The third-order valence-electron chi connectivity index (χ3n) is 4.92. The van der Waals surface area contributed by atoms with E-state index in [0.29, 0.717) is 0 Å². The largest absolute Gasteiger partial charge is 0.457 e. The van der Waals surface area contributed by atoms with Crippen LogP contribution in [0.3, 0.4) is 0 Å². The van der Waals surface area contributed by atoms with Crippen LogP contribution in [0.4, 0.5) is 0 Å². The lowest BCUT2D eigenvalue weighted by atomic mass is 9.62. The molecule has 18 heavy (non-hydrogen) atoms. The molecule has 1 aliphatic heterocycles. The second-order valence-corrected chi connectivity index (χ2v) is 6.00. The maximum absolute atomic E-state index is 11.9. The molecule has 0 aromatic heterocycles. The first kappa shape index (κ1) is 11.7. The van der Waals surface area contributed by atoms with Crippen molar-refractivity contribution in [2.24, 2.45) is 17.3 Å². The summed E-state index contributed by atoms with van der Waals surface area (Å²) in [6.45, 7) is 5.94. The molecule has 0 unspecified atom stereocenters. The Kier molecular flexibility index (Phi) is 2.31. The van der Waals surface area contributed by atoms with Gasteiger partial charge in [0.2, 0.25) is 0 Å². The molecule has 1 saturated carbocycles. The van der Waals surface area contributed by atoms with Gasteiger partial charge in [0.05, 0.1) is 5.92 Å². The first-order valence-corrected chi connectivity index (χ1v) is 6.59. The maximum Gasteiger partial charge on any atom is 0.309 e. The number of ether oxygens (including phenoxy) is 1. The fourth-order valence-corrected chi connectivity index (χ4v) is 3.69. The second kappa shape index (κ2) is 3.56. The molecular weight excluding hydrogens is 228 g/mol. The molecule has 1 heterocycles. The Balaban J connectivity index is 2.10. The van der Waals surface area contributed by atoms with Crippen LogP contribution in [-0.4, -0.2) is 17.9 Å². The molecule has 4 atom stereocenters. The van der Waals surface area contributed by atoms with E-state index in [1.165, 1.54) is 0 Å². The second-order valence-electron chi connectivity index (χ2n) is 6.00. The van der Waals surface area contributed by atoms with Crippen LogP contribution < -0.4 is 0 Å². The lowest BCUT2D eigenvalue weighted by Gasteiger charge is -2.42. The highest BCUT2D eigenvalue weighted by Crippen LogP contribution is 2.52. The highest BCUT2D eigenvalue weighted by Gasteiger charge is 2.52. The Morgan fingerprint density at radius 1 is 1.39 bits per heavy atom. The van der Waals surface area contributed by atoms with Crippen LogP contribution in [0, 0.1) is 17.3 Å². The summed E-state index contributed by atoms with van der Waals surface area (Å²) in [7, 11) is 0. The van der Waals surface area contributed by atoms with Gasteiger partial charge in [-0.25, -0.2) is 0 Å². The molecule has 3 aliphatic rings. The maximum atomic E-state index is 11.9. The van der Waals surface area contributed by atoms with Crippen LogP contribution in [0.15, 0.2) is 23.3 Å². The normalized spacial score (nSPS) is 42.7. The van der Waals surface area contributed by atoms with E-state index in [0.717, 1.165) is 24.0 Å². The predicted octanol–water partition coefficient (Wildman–Crippen LogP) is 2.42. The number of hydrogen-bond acceptors (Lipinski definition) is 3. The summed E-state index contributed by atoms with van der Waals surface area (Å²) in [6, 6.07) is 0. The molecule has 0 amide bonds. The summed E-state index contributed by atoms with van der Waals surface area (Å²) < 4.78 is 5.55. The van der Waals surface area contributed by atoms with E-state index < -0.39 is 0 Å². The van der Waals surface area contributed by atoms with Crippen LogP contribution in [0.1, 0.15) is 33.6 Å². The highest BCUT2D eigenvalue weighted by molar-refractivity contribution is 6.05. The Hall–Kier alpha value is -1.38. The van der Waals surface area contributed by atoms with Crippen molar-refractivity contribution in [2.45, 2.75) is 39.7 Å². The number of esters is 1. The third-order valence-corrected chi connectivity index (χ3v) is 4.92. The Labute approximate surface area is 107 Å². The van der Waals surface area contributed by atoms with Gasteiger partial charge in [-0.2, -0.15) is 0 Å². The van der Waals surface area contributed by atoms with Gasteiger partial charge < -0.3 is 4.74 Å². The molecule has 0 N–H and O–H groups in total. The molecule has 0 radical (unpaired) electrons. The van der Waals surface area contributed by atoms with Crippen molar-refractivity contribution in [3.8, 4) is 0 Å². The Morgan fingerprint density at radius 2 is 2.11 bits per heavy atom. The van der Waals surface area contributed by atoms with Gasteiger partial charge in [0.15, 0.2) is 5.78 Å². The summed E-state index contributed by atoms with van der Waals surface area (Å²) in [5.41, 5.74) is 1.71. The fraction of sp³-hybridized carbons (Fsp3) is 0.600. The lowest BCUT2D eigenvalue weighted by Crippen LogP contribution is -2.39. The number of carbonyl (C=O) groups excluding carboxylic acids is 2. The van der Waals surface area contributed by atoms with Crippen molar-refractivity contribution >= 4 is 11.8 Å². The minimum Gasteiger partial charge on any atom is -0.457 e. The number of rotatable bonds is 0. The van der Waals surface area contributed by atoms with Gasteiger partial charge in [-0.3, -0.25) is 9.59 Å². The smallest absolute Gasteiger partial charge is 0.309 e. The molecule has 0 bridgehead atoms. The molecule has 3 nitrogen and oxygen atoms in total. The van der Waals surface area contributed by atoms with Crippen molar-refractivity contribution in [1.82, 2.24) is 0 Å². The van der Waals surface area contributed by atoms with Gasteiger partial charge in [-0.1, -0.05) is 19.9 Å². The zero-order valence-electron chi connectivity index (χ0n) is 11.0. The first-order valence-electron chi connectivity index (χ1n) is 6.59. The number of hydrogen-bond donors (Lipinski definition) is 0. The molecule has 3 rings (SSSR count). The molecule has 3 heteroatoms. The number of carbonyl (C=O) groups is 2. The quantitative estimate of drug-likeness (QED) is 0.616. The summed E-state index contributed by atoms with van der Waals surface area (Å²) in [4.78, 5) is 23.6. The average Bonchev–Trinajstić information content (AvgIpc) is 2.60. The van der Waals surface area contributed by atoms with Crippen molar-refractivity contribution in [3.05, 3.63) is 23.3 Å². The zero-order valence-corrected chi connectivity index (χ0v) is 11.0. The Morgan fingerprint density at radius 3 is 2.83 bits per heavy atom.